The van der Waals surface area contributed by atoms with E-state index in [4.69, 9.17) is 4.98 Å². The summed E-state index contributed by atoms with van der Waals surface area (Å²) in [5.41, 5.74) is 0.462. The number of amides is 1. The third-order valence-electron chi connectivity index (χ3n) is 5.91. The second-order valence-corrected chi connectivity index (χ2v) is 11.3. The number of nitrogens with zero attached hydrogens (tertiary/aromatic N) is 6. The van der Waals surface area contributed by atoms with Crippen LogP contribution in [-0.4, -0.2) is 46.4 Å². The van der Waals surface area contributed by atoms with Gasteiger partial charge < -0.3 is 15.0 Å². The fourth-order valence-corrected chi connectivity index (χ4v) is 5.75. The molecule has 0 unspecified atom stereocenters. The molecule has 4 aromatic heterocycles. The minimum Gasteiger partial charge on any atom is -0.383 e. The van der Waals surface area contributed by atoms with Gasteiger partial charge in [0, 0.05) is 18.2 Å². The molecule has 0 aliphatic heterocycles. The summed E-state index contributed by atoms with van der Waals surface area (Å²) in [6.07, 6.45) is 8.35. The maximum absolute atomic E-state index is 12.7. The van der Waals surface area contributed by atoms with Gasteiger partial charge in [0.05, 0.1) is 20.4 Å². The number of rotatable bonds is 5. The Kier molecular flexibility index (Phi) is 5.79. The first-order valence-electron chi connectivity index (χ1n) is 10.8. The van der Waals surface area contributed by atoms with Gasteiger partial charge in [0.1, 0.15) is 29.6 Å². The molecule has 2 N–H and O–H groups in total. The minimum absolute atomic E-state index is 0.0425. The number of aromatic nitrogens is 6. The Morgan fingerprint density at radius 1 is 1.33 bits per heavy atom. The van der Waals surface area contributed by atoms with Crippen LogP contribution >= 0.6 is 27.3 Å². The summed E-state index contributed by atoms with van der Waals surface area (Å²) in [7, 11) is 0. The lowest BCUT2D eigenvalue weighted by Gasteiger charge is -2.33. The number of nitrogens with one attached hydrogen (secondary N) is 1. The standard InChI is InChI=1S/C22H24BrN7O2S/c1-22(2,32)21-28-15-10-25-19(29-12-24-11-26-29)9-16(15)30(21)14-5-3-4-13(8-14)27-20(31)17-6-7-18(23)33-17/h6-7,9-14,32H,3-5,8H2,1-2H3,(H,27,31)/t13-,14+/m0/s1. The van der Waals surface area contributed by atoms with Crippen LogP contribution in [0, 0.1) is 0 Å². The highest BCUT2D eigenvalue weighted by Crippen LogP contribution is 2.36. The molecule has 172 valence electrons. The highest BCUT2D eigenvalue weighted by Gasteiger charge is 2.32. The van der Waals surface area contributed by atoms with Crippen molar-refractivity contribution >= 4 is 44.2 Å². The van der Waals surface area contributed by atoms with Gasteiger partial charge in [0.15, 0.2) is 5.82 Å². The Morgan fingerprint density at radius 2 is 2.18 bits per heavy atom. The van der Waals surface area contributed by atoms with Gasteiger partial charge in [0.2, 0.25) is 0 Å². The summed E-state index contributed by atoms with van der Waals surface area (Å²) < 4.78 is 4.66. The predicted octanol–water partition coefficient (Wildman–Crippen LogP) is 3.98. The van der Waals surface area contributed by atoms with E-state index < -0.39 is 5.60 Å². The average molecular weight is 530 g/mol. The van der Waals surface area contributed by atoms with Crippen molar-refractivity contribution in [2.24, 2.45) is 0 Å². The quantitative estimate of drug-likeness (QED) is 0.404. The van der Waals surface area contributed by atoms with Crippen molar-refractivity contribution < 1.29 is 9.90 Å². The van der Waals surface area contributed by atoms with Gasteiger partial charge in [-0.1, -0.05) is 0 Å². The number of carbonyl (C=O) groups excluding carboxylic acids is 1. The van der Waals surface area contributed by atoms with Crippen LogP contribution in [0.5, 0.6) is 0 Å². The van der Waals surface area contributed by atoms with E-state index >= 15 is 0 Å². The van der Waals surface area contributed by atoms with Crippen LogP contribution in [0.15, 0.2) is 40.8 Å². The first-order chi connectivity index (χ1) is 15.8. The van der Waals surface area contributed by atoms with Gasteiger partial charge in [-0.3, -0.25) is 4.79 Å². The normalized spacial score (nSPS) is 19.2. The van der Waals surface area contributed by atoms with E-state index in [1.165, 1.54) is 17.7 Å². The van der Waals surface area contributed by atoms with E-state index in [1.54, 1.807) is 31.1 Å². The molecular weight excluding hydrogens is 506 g/mol. The van der Waals surface area contributed by atoms with Crippen molar-refractivity contribution in [3.8, 4) is 5.82 Å². The monoisotopic (exact) mass is 529 g/mol. The lowest BCUT2D eigenvalue weighted by Crippen LogP contribution is -2.39. The summed E-state index contributed by atoms with van der Waals surface area (Å²) in [6, 6.07) is 5.77. The summed E-state index contributed by atoms with van der Waals surface area (Å²) in [5, 5.41) is 18.3. The number of imidazole rings is 1. The van der Waals surface area contributed by atoms with Gasteiger partial charge >= 0.3 is 0 Å². The number of carbonyl (C=O) groups is 1. The van der Waals surface area contributed by atoms with Crippen molar-refractivity contribution in [3.05, 3.63) is 51.5 Å². The summed E-state index contributed by atoms with van der Waals surface area (Å²) in [5.74, 6) is 1.17. The second kappa shape index (κ2) is 8.62. The molecule has 0 aromatic carbocycles. The van der Waals surface area contributed by atoms with Crippen molar-refractivity contribution in [2.75, 3.05) is 0 Å². The SMILES string of the molecule is CC(C)(O)c1nc2cnc(-n3cncn3)cc2n1[C@@H]1CCC[C@H](NC(=O)c2ccc(Br)s2)C1. The van der Waals surface area contributed by atoms with Gasteiger partial charge in [0.25, 0.3) is 5.91 Å². The van der Waals surface area contributed by atoms with Crippen molar-refractivity contribution in [1.29, 1.82) is 0 Å². The molecule has 4 aromatic rings. The van der Waals surface area contributed by atoms with Crippen LogP contribution < -0.4 is 5.32 Å². The number of aliphatic hydroxyl groups is 1. The van der Waals surface area contributed by atoms with Gasteiger partial charge in [-0.2, -0.15) is 5.10 Å². The summed E-state index contributed by atoms with van der Waals surface area (Å²) >= 11 is 4.85. The number of halogens is 1. The van der Waals surface area contributed by atoms with Crippen LogP contribution in [-0.2, 0) is 5.60 Å². The molecule has 5 rings (SSSR count). The Hall–Kier alpha value is -2.63. The van der Waals surface area contributed by atoms with E-state index in [0.29, 0.717) is 22.0 Å². The summed E-state index contributed by atoms with van der Waals surface area (Å²) in [6.45, 7) is 3.49. The van der Waals surface area contributed by atoms with Crippen LogP contribution in [0.3, 0.4) is 0 Å². The molecule has 1 fully saturated rings. The first kappa shape index (κ1) is 22.2. The summed E-state index contributed by atoms with van der Waals surface area (Å²) in [4.78, 5) is 26.6. The lowest BCUT2D eigenvalue weighted by atomic mass is 9.90. The molecular formula is C22H24BrN7O2S. The highest BCUT2D eigenvalue weighted by atomic mass is 79.9. The predicted molar refractivity (Wildman–Crippen MR) is 128 cm³/mol. The van der Waals surface area contributed by atoms with Crippen molar-refractivity contribution in [3.63, 3.8) is 0 Å². The average Bonchev–Trinajstić information content (AvgIpc) is 3.52. The number of hydrogen-bond acceptors (Lipinski definition) is 7. The van der Waals surface area contributed by atoms with E-state index in [1.807, 2.05) is 18.2 Å². The molecule has 4 heterocycles. The van der Waals surface area contributed by atoms with E-state index in [9.17, 15) is 9.90 Å². The third-order valence-corrected chi connectivity index (χ3v) is 7.53. The zero-order chi connectivity index (χ0) is 23.2. The molecule has 0 saturated heterocycles. The van der Waals surface area contributed by atoms with Crippen LogP contribution in [0.25, 0.3) is 16.9 Å². The fourth-order valence-electron chi connectivity index (χ4n) is 4.46. The fraction of sp³-hybridized carbons (Fsp3) is 0.409. The van der Waals surface area contributed by atoms with E-state index in [-0.39, 0.29) is 18.0 Å². The molecule has 11 heteroatoms. The van der Waals surface area contributed by atoms with Crippen molar-refractivity contribution in [1.82, 2.24) is 34.6 Å². The molecule has 0 bridgehead atoms. The highest BCUT2D eigenvalue weighted by molar-refractivity contribution is 9.11. The molecule has 9 nitrogen and oxygen atoms in total. The maximum atomic E-state index is 12.7. The van der Waals surface area contributed by atoms with E-state index in [2.05, 4.69) is 40.9 Å². The number of pyridine rings is 1. The molecule has 2 atom stereocenters. The second-order valence-electron chi connectivity index (χ2n) is 8.83. The number of fused-ring (bicyclic) bond motifs is 1. The molecule has 33 heavy (non-hydrogen) atoms. The lowest BCUT2D eigenvalue weighted by molar-refractivity contribution is 0.0615. The van der Waals surface area contributed by atoms with Crippen LogP contribution in [0.1, 0.15) is 61.1 Å². The third kappa shape index (κ3) is 4.44. The first-order valence-corrected chi connectivity index (χ1v) is 12.4. The molecule has 0 radical (unpaired) electrons. The van der Waals surface area contributed by atoms with E-state index in [0.717, 1.165) is 35.0 Å². The Bertz CT molecular complexity index is 1290. The van der Waals surface area contributed by atoms with Crippen molar-refractivity contribution in [2.45, 2.75) is 57.2 Å². The maximum Gasteiger partial charge on any atom is 0.261 e. The topological polar surface area (TPSA) is 111 Å². The van der Waals surface area contributed by atoms with Gasteiger partial charge in [-0.05, 0) is 67.6 Å². The zero-order valence-corrected chi connectivity index (χ0v) is 20.7. The van der Waals surface area contributed by atoms with Gasteiger partial charge in [-0.25, -0.2) is 19.6 Å². The molecule has 1 aliphatic rings. The van der Waals surface area contributed by atoms with Crippen LogP contribution in [0.2, 0.25) is 0 Å². The van der Waals surface area contributed by atoms with Crippen LogP contribution in [0.4, 0.5) is 0 Å². The van der Waals surface area contributed by atoms with Gasteiger partial charge in [-0.15, -0.1) is 11.3 Å². The Morgan fingerprint density at radius 3 is 2.88 bits per heavy atom. The Labute approximate surface area is 203 Å². The number of thiophene rings is 1. The molecule has 1 saturated carbocycles. The smallest absolute Gasteiger partial charge is 0.261 e. The zero-order valence-electron chi connectivity index (χ0n) is 18.3. The molecule has 1 amide bonds. The minimum atomic E-state index is -1.13. The molecule has 0 spiro atoms. The molecule has 1 aliphatic carbocycles. The number of hydrogen-bond donors (Lipinski definition) is 2. The Balaban J connectivity index is 1.49. The largest absolute Gasteiger partial charge is 0.383 e.